The van der Waals surface area contributed by atoms with Crippen molar-refractivity contribution in [3.63, 3.8) is 0 Å². The predicted octanol–water partition coefficient (Wildman–Crippen LogP) is -4.10. The fourth-order valence-electron chi connectivity index (χ4n) is 16.2. The highest BCUT2D eigenvalue weighted by molar-refractivity contribution is 5.78. The van der Waals surface area contributed by atoms with E-state index in [4.69, 9.17) is 56.8 Å². The molecule has 6 aliphatic heterocycles. The van der Waals surface area contributed by atoms with E-state index in [1.54, 1.807) is 6.08 Å². The number of aliphatic carboxylic acids is 1. The van der Waals surface area contributed by atoms with Crippen LogP contribution >= 0.6 is 0 Å². The standard InChI is InChI=1S/C81H144N4O37/c1-5-7-9-11-13-15-17-19-20-22-24-26-28-30-32-34-55(98)84-46(47(95)33-31-29-27-25-23-21-18-16-14-12-10-8-6-2)43-111-77-66(106)64(104)70(52(39-89)114-77)118-78-67(107)65(105)69(53(40-90)115-78)117-76-59(83-45(4)94)72(62(102)51(38-88)113-76)120-79-68(108)74(71(54(41-91)116-79)119-75-58(82-44(3)93)63(103)61(101)50(37-87)112-75)122-81(80(109)110)35-48(96)57(85-56(99)42-92)73(121-81)60(100)49(97)36-86/h31,33,46-54,57-79,86-92,95-97,100-108H,5-30,32,34-43H2,1-4H3,(H,82,93)(H,83,94)(H,84,98)(H,85,99)(H,109,110)/b33-31+/t46-,47+,48?,49+,50?,51?,52?,53?,54?,57+,58?,59?,60+,61-,62-,63+,64+,65+,66?,67?,68?,69-,70+,71-,72+,73?,74+,75-,76-,77+,78-,79-,81-/m0/s1. The summed E-state index contributed by atoms with van der Waals surface area (Å²) in [5, 5.41) is 233. The third-order valence-corrected chi connectivity index (χ3v) is 23.2. The van der Waals surface area contributed by atoms with Crippen LogP contribution in [0.2, 0.25) is 0 Å². The van der Waals surface area contributed by atoms with Crippen LogP contribution in [0, 0.1) is 0 Å². The van der Waals surface area contributed by atoms with E-state index in [0.29, 0.717) is 12.8 Å². The fourth-order valence-corrected chi connectivity index (χ4v) is 16.2. The van der Waals surface area contributed by atoms with Gasteiger partial charge in [0.1, 0.15) is 147 Å². The molecule has 0 aliphatic carbocycles. The summed E-state index contributed by atoms with van der Waals surface area (Å²) in [4.78, 5) is 65.8. The SMILES string of the molecule is CCCCCCCCCCCCC/C=C/[C@@H](O)[C@H](CO[C@@H]1OC(CO)[C@@H](O[C@@H]2OC(CO)[C@H](O[C@@H]3OC(CO)[C@H](O)[C@H](O[C@@H]4OC(CO)[C@H](O[C@@H]5OC(CO)[C@H](O)[C@H](O)C5NC(C)=O)[C@H](O[C@]5(C(=O)O)CC(O)[C@@H](NC(=O)CO)C([C@H](O)[C@H](O)CO)O5)C4O)C3NC(C)=O)[C@H](O)C2O)[C@H](O)C1O)NC(=O)CCCCCCCCCCCCCCCCC. The van der Waals surface area contributed by atoms with Crippen molar-refractivity contribution in [3.8, 4) is 0 Å². The molecule has 0 aromatic heterocycles. The summed E-state index contributed by atoms with van der Waals surface area (Å²) in [6.45, 7) is -2.30. The zero-order chi connectivity index (χ0) is 89.8. The number of aliphatic hydroxyl groups excluding tert-OH is 19. The first kappa shape index (κ1) is 107. The first-order chi connectivity index (χ1) is 58.4. The Morgan fingerprint density at radius 1 is 0.434 bits per heavy atom. The molecule has 41 heteroatoms. The summed E-state index contributed by atoms with van der Waals surface area (Å²) in [5.74, 6) is -9.19. The zero-order valence-electron chi connectivity index (χ0n) is 70.7. The number of unbranched alkanes of at least 4 members (excludes halogenated alkanes) is 25. The second-order valence-electron chi connectivity index (χ2n) is 32.8. The number of carbonyl (C=O) groups excluding carboxylic acids is 4. The minimum Gasteiger partial charge on any atom is -0.477 e. The molecule has 6 heterocycles. The number of rotatable bonds is 57. The number of hydrogen-bond acceptors (Lipinski definition) is 36. The van der Waals surface area contributed by atoms with Gasteiger partial charge in [0.15, 0.2) is 31.5 Å². The lowest BCUT2D eigenvalue weighted by molar-refractivity contribution is -0.400. The number of nitrogens with one attached hydrogen (secondary N) is 4. The van der Waals surface area contributed by atoms with Gasteiger partial charge in [0, 0.05) is 26.7 Å². The number of carboxylic acid groups (broad SMARTS) is 1. The van der Waals surface area contributed by atoms with Gasteiger partial charge in [-0.2, -0.15) is 0 Å². The molecular weight excluding hydrogens is 1620 g/mol. The molecule has 33 atom stereocenters. The molecule has 6 aliphatic rings. The molecule has 0 bridgehead atoms. The summed E-state index contributed by atoms with van der Waals surface area (Å²) in [6.07, 6.45) is -26.2. The molecule has 4 amide bonds. The highest BCUT2D eigenvalue weighted by Crippen LogP contribution is 2.42. The van der Waals surface area contributed by atoms with Crippen molar-refractivity contribution in [2.75, 3.05) is 52.9 Å². The second kappa shape index (κ2) is 55.7. The number of carbonyl (C=O) groups is 5. The number of amides is 4. The Labute approximate surface area is 711 Å². The van der Waals surface area contributed by atoms with Crippen LogP contribution in [0.5, 0.6) is 0 Å². The van der Waals surface area contributed by atoms with Crippen LogP contribution in [0.1, 0.15) is 214 Å². The summed E-state index contributed by atoms with van der Waals surface area (Å²) < 4.78 is 72.1. The largest absolute Gasteiger partial charge is 0.477 e. The van der Waals surface area contributed by atoms with E-state index >= 15 is 0 Å². The summed E-state index contributed by atoms with van der Waals surface area (Å²) in [6, 6.07) is -6.88. The van der Waals surface area contributed by atoms with E-state index in [0.717, 1.165) is 65.2 Å². The molecule has 24 N–H and O–H groups in total. The molecule has 6 saturated heterocycles. The molecular formula is C81H144N4O37. The van der Waals surface area contributed by atoms with Crippen molar-refractivity contribution in [2.24, 2.45) is 0 Å². The van der Waals surface area contributed by atoms with Gasteiger partial charge in [-0.25, -0.2) is 4.79 Å². The van der Waals surface area contributed by atoms with Gasteiger partial charge in [-0.3, -0.25) is 19.2 Å². The molecule has 41 nitrogen and oxygen atoms in total. The van der Waals surface area contributed by atoms with Crippen molar-refractivity contribution in [2.45, 2.75) is 416 Å². The fraction of sp³-hybridized carbons (Fsp3) is 0.914. The highest BCUT2D eigenvalue weighted by atomic mass is 16.8. The Kier molecular flexibility index (Phi) is 48.6. The number of aliphatic hydroxyl groups is 19. The first-order valence-corrected chi connectivity index (χ1v) is 43.8. The van der Waals surface area contributed by atoms with Crippen molar-refractivity contribution < 1.29 is 183 Å². The van der Waals surface area contributed by atoms with Crippen LogP contribution < -0.4 is 21.3 Å². The minimum atomic E-state index is -3.47. The molecule has 0 saturated carbocycles. The Morgan fingerprint density at radius 2 is 0.852 bits per heavy atom. The van der Waals surface area contributed by atoms with Crippen molar-refractivity contribution >= 4 is 29.6 Å². The Balaban J connectivity index is 1.19. The van der Waals surface area contributed by atoms with E-state index in [2.05, 4.69) is 35.1 Å². The average Bonchev–Trinajstić information content (AvgIpc) is 0.745. The lowest BCUT2D eigenvalue weighted by Crippen LogP contribution is -2.72. The normalized spacial score (nSPS) is 35.6. The topological polar surface area (TPSA) is 649 Å². The minimum absolute atomic E-state index is 0.153. The lowest BCUT2D eigenvalue weighted by Gasteiger charge is -2.53. The van der Waals surface area contributed by atoms with Gasteiger partial charge in [-0.1, -0.05) is 180 Å². The van der Waals surface area contributed by atoms with Gasteiger partial charge in [-0.15, -0.1) is 0 Å². The van der Waals surface area contributed by atoms with Crippen LogP contribution in [-0.2, 0) is 80.8 Å². The third-order valence-electron chi connectivity index (χ3n) is 23.2. The van der Waals surface area contributed by atoms with Crippen molar-refractivity contribution in [1.29, 1.82) is 0 Å². The maximum Gasteiger partial charge on any atom is 0.364 e. The molecule has 710 valence electrons. The van der Waals surface area contributed by atoms with Crippen LogP contribution in [-0.4, -0.2) is 386 Å². The van der Waals surface area contributed by atoms with E-state index in [-0.39, 0.29) is 12.3 Å². The average molecular weight is 1770 g/mol. The van der Waals surface area contributed by atoms with Crippen LogP contribution in [0.3, 0.4) is 0 Å². The second-order valence-corrected chi connectivity index (χ2v) is 32.8. The van der Waals surface area contributed by atoms with E-state index in [9.17, 15) is 126 Å². The van der Waals surface area contributed by atoms with Crippen LogP contribution in [0.25, 0.3) is 0 Å². The Bertz CT molecular complexity index is 2980. The highest BCUT2D eigenvalue weighted by Gasteiger charge is 2.63. The molecule has 12 unspecified atom stereocenters. The summed E-state index contributed by atoms with van der Waals surface area (Å²) >= 11 is 0. The quantitative estimate of drug-likeness (QED) is 0.0203. The van der Waals surface area contributed by atoms with Crippen molar-refractivity contribution in [1.82, 2.24) is 21.3 Å². The van der Waals surface area contributed by atoms with Crippen LogP contribution in [0.4, 0.5) is 0 Å². The van der Waals surface area contributed by atoms with Gasteiger partial charge in [0.2, 0.25) is 23.6 Å². The zero-order valence-corrected chi connectivity index (χ0v) is 70.7. The van der Waals surface area contributed by atoms with Crippen molar-refractivity contribution in [3.05, 3.63) is 12.2 Å². The molecule has 122 heavy (non-hydrogen) atoms. The number of carboxylic acids is 1. The first-order valence-electron chi connectivity index (χ1n) is 43.8. The third kappa shape index (κ3) is 31.6. The molecule has 0 aromatic rings. The predicted molar refractivity (Wildman–Crippen MR) is 424 cm³/mol. The van der Waals surface area contributed by atoms with Gasteiger partial charge in [0.05, 0.1) is 70.5 Å². The van der Waals surface area contributed by atoms with E-state index < -0.39 is 285 Å². The number of ether oxygens (including phenoxy) is 12. The smallest absolute Gasteiger partial charge is 0.364 e. The maximum absolute atomic E-state index is 13.8. The van der Waals surface area contributed by atoms with E-state index in [1.807, 2.05) is 6.08 Å². The lowest BCUT2D eigenvalue weighted by atomic mass is 9.88. The summed E-state index contributed by atoms with van der Waals surface area (Å²) in [5.41, 5.74) is 0. The van der Waals surface area contributed by atoms with Crippen LogP contribution in [0.15, 0.2) is 12.2 Å². The molecule has 0 spiro atoms. The monoisotopic (exact) mass is 1760 g/mol. The molecule has 6 rings (SSSR count). The van der Waals surface area contributed by atoms with Gasteiger partial charge in [-0.05, 0) is 19.3 Å². The summed E-state index contributed by atoms with van der Waals surface area (Å²) in [7, 11) is 0. The number of hydrogen-bond donors (Lipinski definition) is 24. The molecule has 0 aromatic carbocycles. The maximum atomic E-state index is 13.8. The number of allylic oxidation sites excluding steroid dienone is 1. The van der Waals surface area contributed by atoms with E-state index in [1.165, 1.54) is 109 Å². The Hall–Kier alpha value is -4.15. The van der Waals surface area contributed by atoms with Gasteiger partial charge >= 0.3 is 5.97 Å². The molecule has 0 radical (unpaired) electrons. The van der Waals surface area contributed by atoms with Gasteiger partial charge in [0.25, 0.3) is 5.79 Å². The molecule has 6 fully saturated rings. The Morgan fingerprint density at radius 3 is 1.34 bits per heavy atom. The van der Waals surface area contributed by atoms with Gasteiger partial charge < -0.3 is 180 Å².